The Kier molecular flexibility index (Phi) is 6.06. The molecule has 0 fully saturated rings. The second-order valence-electron chi connectivity index (χ2n) is 4.60. The van der Waals surface area contributed by atoms with Crippen molar-refractivity contribution in [2.75, 3.05) is 5.43 Å². The molecule has 4 N–H and O–H groups in total. The molecule has 8 nitrogen and oxygen atoms in total. The number of nitrogens with one attached hydrogen (secondary N) is 2. The summed E-state index contributed by atoms with van der Waals surface area (Å²) in [4.78, 5) is 9.96. The first-order chi connectivity index (χ1) is 9.85. The van der Waals surface area contributed by atoms with Gasteiger partial charge in [0.05, 0.1) is 10.6 Å². The number of hydrazine groups is 1. The number of nitrogens with two attached hydrogens (primary N) is 1. The summed E-state index contributed by atoms with van der Waals surface area (Å²) in [5.41, 5.74) is 2.01. The highest BCUT2D eigenvalue weighted by Crippen LogP contribution is 2.27. The highest BCUT2D eigenvalue weighted by atomic mass is 32.2. The number of hydrogen-bond acceptors (Lipinski definition) is 6. The molecule has 0 saturated heterocycles. The van der Waals surface area contributed by atoms with Crippen molar-refractivity contribution in [3.05, 3.63) is 28.3 Å². The summed E-state index contributed by atoms with van der Waals surface area (Å²) in [6, 6.07) is 3.40. The van der Waals surface area contributed by atoms with Crippen LogP contribution in [0.3, 0.4) is 0 Å². The standard InChI is InChI=1S/C12H20N4O4S/c1-3-5-9(4-2)15-21(19,20)12-7-6-10(14-13)8-11(12)16(17)18/h6-9,14-15H,3-5,13H2,1-2H3. The molecular formula is C12H20N4O4S. The van der Waals surface area contributed by atoms with E-state index in [4.69, 9.17) is 5.84 Å². The zero-order valence-corrected chi connectivity index (χ0v) is 12.8. The largest absolute Gasteiger partial charge is 0.324 e. The number of hydrogen-bond donors (Lipinski definition) is 3. The molecule has 1 rings (SSSR count). The Morgan fingerprint density at radius 3 is 2.52 bits per heavy atom. The maximum atomic E-state index is 12.3. The summed E-state index contributed by atoms with van der Waals surface area (Å²) in [6.45, 7) is 3.81. The fourth-order valence-corrected chi connectivity index (χ4v) is 3.46. The van der Waals surface area contributed by atoms with E-state index in [1.165, 1.54) is 12.1 Å². The molecule has 0 amide bonds. The molecule has 0 bridgehead atoms. The Hall–Kier alpha value is -1.71. The Balaban J connectivity index is 3.21. The van der Waals surface area contributed by atoms with Crippen LogP contribution in [0.1, 0.15) is 33.1 Å². The lowest BCUT2D eigenvalue weighted by atomic mass is 10.1. The highest BCUT2D eigenvalue weighted by Gasteiger charge is 2.27. The summed E-state index contributed by atoms with van der Waals surface area (Å²) in [5.74, 6) is 5.18. The van der Waals surface area contributed by atoms with Crippen LogP contribution >= 0.6 is 0 Å². The molecule has 0 saturated carbocycles. The van der Waals surface area contributed by atoms with Gasteiger partial charge in [0.1, 0.15) is 0 Å². The lowest BCUT2D eigenvalue weighted by Gasteiger charge is -2.16. The van der Waals surface area contributed by atoms with E-state index in [1.807, 2.05) is 13.8 Å². The Morgan fingerprint density at radius 2 is 2.05 bits per heavy atom. The monoisotopic (exact) mass is 316 g/mol. The second-order valence-corrected chi connectivity index (χ2v) is 6.28. The molecule has 0 heterocycles. The Bertz CT molecular complexity index is 603. The first-order valence-electron chi connectivity index (χ1n) is 6.63. The molecule has 0 spiro atoms. The van der Waals surface area contributed by atoms with Crippen molar-refractivity contribution < 1.29 is 13.3 Å². The minimum atomic E-state index is -3.95. The van der Waals surface area contributed by atoms with Crippen molar-refractivity contribution in [3.8, 4) is 0 Å². The molecule has 1 unspecified atom stereocenters. The van der Waals surface area contributed by atoms with Crippen molar-refractivity contribution >= 4 is 21.4 Å². The minimum Gasteiger partial charge on any atom is -0.324 e. The number of nitro benzene ring substituents is 1. The van der Waals surface area contributed by atoms with E-state index in [0.717, 1.165) is 12.5 Å². The van der Waals surface area contributed by atoms with Crippen LogP contribution in [0.5, 0.6) is 0 Å². The van der Waals surface area contributed by atoms with Crippen molar-refractivity contribution in [2.45, 2.75) is 44.0 Å². The highest BCUT2D eigenvalue weighted by molar-refractivity contribution is 7.89. The Labute approximate surface area is 123 Å². The third-order valence-corrected chi connectivity index (χ3v) is 4.63. The van der Waals surface area contributed by atoms with Gasteiger partial charge in [-0.05, 0) is 25.0 Å². The number of nitro groups is 1. The van der Waals surface area contributed by atoms with Crippen molar-refractivity contribution in [1.29, 1.82) is 0 Å². The van der Waals surface area contributed by atoms with Crippen molar-refractivity contribution in [3.63, 3.8) is 0 Å². The van der Waals surface area contributed by atoms with E-state index in [0.29, 0.717) is 12.8 Å². The first-order valence-corrected chi connectivity index (χ1v) is 8.11. The molecule has 1 aromatic rings. The molecular weight excluding hydrogens is 296 g/mol. The second kappa shape index (κ2) is 7.34. The van der Waals surface area contributed by atoms with Gasteiger partial charge in [-0.1, -0.05) is 20.3 Å². The van der Waals surface area contributed by atoms with Gasteiger partial charge >= 0.3 is 0 Å². The maximum Gasteiger partial charge on any atom is 0.291 e. The van der Waals surface area contributed by atoms with Gasteiger partial charge in [0.25, 0.3) is 5.69 Å². The quantitative estimate of drug-likeness (QED) is 0.381. The molecule has 0 radical (unpaired) electrons. The van der Waals surface area contributed by atoms with E-state index >= 15 is 0 Å². The van der Waals surface area contributed by atoms with Crippen LogP contribution in [0.15, 0.2) is 23.1 Å². The molecule has 0 aromatic heterocycles. The topological polar surface area (TPSA) is 127 Å². The van der Waals surface area contributed by atoms with Crippen LogP contribution in [-0.4, -0.2) is 19.4 Å². The number of anilines is 1. The zero-order valence-electron chi connectivity index (χ0n) is 12.0. The van der Waals surface area contributed by atoms with E-state index in [9.17, 15) is 18.5 Å². The summed E-state index contributed by atoms with van der Waals surface area (Å²) in [7, 11) is -3.95. The van der Waals surface area contributed by atoms with E-state index in [1.54, 1.807) is 0 Å². The number of rotatable bonds is 8. The molecule has 1 aromatic carbocycles. The first kappa shape index (κ1) is 17.3. The zero-order chi connectivity index (χ0) is 16.0. The van der Waals surface area contributed by atoms with Crippen LogP contribution in [0.25, 0.3) is 0 Å². The van der Waals surface area contributed by atoms with Gasteiger partial charge < -0.3 is 5.43 Å². The van der Waals surface area contributed by atoms with E-state index in [2.05, 4.69) is 10.1 Å². The average Bonchev–Trinajstić information content (AvgIpc) is 2.45. The molecule has 118 valence electrons. The SMILES string of the molecule is CCCC(CC)NS(=O)(=O)c1ccc(NN)cc1[N+](=O)[O-]. The van der Waals surface area contributed by atoms with Crippen LogP contribution in [0.2, 0.25) is 0 Å². The summed E-state index contributed by atoms with van der Waals surface area (Å²) >= 11 is 0. The fourth-order valence-electron chi connectivity index (χ4n) is 1.95. The normalized spacial score (nSPS) is 12.9. The fraction of sp³-hybridized carbons (Fsp3) is 0.500. The summed E-state index contributed by atoms with van der Waals surface area (Å²) < 4.78 is 27.2. The van der Waals surface area contributed by atoms with Gasteiger partial charge in [0.2, 0.25) is 10.0 Å². The van der Waals surface area contributed by atoms with Crippen molar-refractivity contribution in [1.82, 2.24) is 4.72 Å². The van der Waals surface area contributed by atoms with Gasteiger partial charge in [0.15, 0.2) is 4.90 Å². The van der Waals surface area contributed by atoms with Gasteiger partial charge in [-0.2, -0.15) is 0 Å². The molecule has 0 aliphatic rings. The molecule has 9 heteroatoms. The van der Waals surface area contributed by atoms with E-state index < -0.39 is 20.6 Å². The van der Waals surface area contributed by atoms with Gasteiger partial charge in [-0.3, -0.25) is 16.0 Å². The molecule has 0 aliphatic heterocycles. The number of benzene rings is 1. The third kappa shape index (κ3) is 4.38. The van der Waals surface area contributed by atoms with Crippen LogP contribution in [-0.2, 0) is 10.0 Å². The van der Waals surface area contributed by atoms with Crippen molar-refractivity contribution in [2.24, 2.45) is 5.84 Å². The summed E-state index contributed by atoms with van der Waals surface area (Å²) in [6.07, 6.45) is 2.11. The number of nitrogen functional groups attached to an aromatic ring is 1. The lowest BCUT2D eigenvalue weighted by molar-refractivity contribution is -0.387. The maximum absolute atomic E-state index is 12.3. The van der Waals surface area contributed by atoms with Gasteiger partial charge in [-0.25, -0.2) is 13.1 Å². The number of nitrogens with zero attached hydrogens (tertiary/aromatic N) is 1. The molecule has 0 aliphatic carbocycles. The summed E-state index contributed by atoms with van der Waals surface area (Å²) in [5, 5.41) is 11.1. The molecule has 1 atom stereocenters. The van der Waals surface area contributed by atoms with Gasteiger partial charge in [-0.15, -0.1) is 0 Å². The third-order valence-electron chi connectivity index (χ3n) is 3.06. The smallest absolute Gasteiger partial charge is 0.291 e. The number of sulfonamides is 1. The van der Waals surface area contributed by atoms with Gasteiger partial charge in [0, 0.05) is 12.1 Å². The lowest BCUT2D eigenvalue weighted by Crippen LogP contribution is -2.34. The average molecular weight is 316 g/mol. The van der Waals surface area contributed by atoms with Crippen LogP contribution in [0.4, 0.5) is 11.4 Å². The molecule has 21 heavy (non-hydrogen) atoms. The van der Waals surface area contributed by atoms with E-state index in [-0.39, 0.29) is 16.6 Å². The minimum absolute atomic E-state index is 0.244. The van der Waals surface area contributed by atoms with Crippen LogP contribution < -0.4 is 16.0 Å². The predicted octanol–water partition coefficient (Wildman–Crippen LogP) is 1.74. The van der Waals surface area contributed by atoms with Crippen LogP contribution in [0, 0.1) is 10.1 Å². The Morgan fingerprint density at radius 1 is 1.38 bits per heavy atom. The predicted molar refractivity (Wildman–Crippen MR) is 80.2 cm³/mol.